The second kappa shape index (κ2) is 4.92. The van der Waals surface area contributed by atoms with Gasteiger partial charge in [-0.05, 0) is 45.7 Å². The van der Waals surface area contributed by atoms with Gasteiger partial charge in [-0.2, -0.15) is 0 Å². The zero-order valence-electron chi connectivity index (χ0n) is 12.6. The molecular formula is C20H16O2. The first kappa shape index (κ1) is 13.0. The first-order valence-corrected chi connectivity index (χ1v) is 7.28. The Morgan fingerprint density at radius 2 is 1.36 bits per heavy atom. The van der Waals surface area contributed by atoms with E-state index in [0.717, 1.165) is 22.6 Å². The smallest absolute Gasteiger partial charge is 0.130 e. The van der Waals surface area contributed by atoms with Crippen LogP contribution in [0.5, 0.6) is 11.5 Å². The van der Waals surface area contributed by atoms with Crippen molar-refractivity contribution >= 4 is 22.4 Å². The Kier molecular flexibility index (Phi) is 2.90. The van der Waals surface area contributed by atoms with Crippen LogP contribution in [0, 0.1) is 0 Å². The van der Waals surface area contributed by atoms with Crippen molar-refractivity contribution in [2.24, 2.45) is 0 Å². The average Bonchev–Trinajstić information content (AvgIpc) is 2.95. The number of benzene rings is 3. The molecule has 0 amide bonds. The van der Waals surface area contributed by atoms with Gasteiger partial charge in [0.2, 0.25) is 0 Å². The minimum absolute atomic E-state index is 0.829. The highest BCUT2D eigenvalue weighted by Gasteiger charge is 2.22. The summed E-state index contributed by atoms with van der Waals surface area (Å²) in [5.41, 5.74) is 4.64. The molecule has 1 aliphatic rings. The second-order valence-electron chi connectivity index (χ2n) is 5.35. The van der Waals surface area contributed by atoms with E-state index in [9.17, 15) is 0 Å². The monoisotopic (exact) mass is 288 g/mol. The highest BCUT2D eigenvalue weighted by molar-refractivity contribution is 6.14. The van der Waals surface area contributed by atoms with Crippen molar-refractivity contribution < 1.29 is 9.47 Å². The van der Waals surface area contributed by atoms with Gasteiger partial charge in [-0.1, -0.05) is 42.5 Å². The fourth-order valence-corrected chi connectivity index (χ4v) is 3.27. The molecule has 0 radical (unpaired) electrons. The van der Waals surface area contributed by atoms with Gasteiger partial charge in [-0.15, -0.1) is 0 Å². The van der Waals surface area contributed by atoms with Gasteiger partial charge < -0.3 is 9.47 Å². The van der Waals surface area contributed by atoms with Gasteiger partial charge >= 0.3 is 0 Å². The maximum Gasteiger partial charge on any atom is 0.130 e. The summed E-state index contributed by atoms with van der Waals surface area (Å²) in [7, 11) is 3.39. The normalized spacial score (nSPS) is 12.4. The molecule has 0 saturated heterocycles. The Hall–Kier alpha value is -2.74. The molecule has 0 fully saturated rings. The molecular weight excluding hydrogens is 272 g/mol. The van der Waals surface area contributed by atoms with Crippen molar-refractivity contribution in [1.29, 1.82) is 0 Å². The fraction of sp³-hybridized carbons (Fsp3) is 0.100. The van der Waals surface area contributed by atoms with E-state index in [0.29, 0.717) is 0 Å². The molecule has 0 aliphatic heterocycles. The Balaban J connectivity index is 2.03. The van der Waals surface area contributed by atoms with E-state index in [-0.39, 0.29) is 0 Å². The summed E-state index contributed by atoms with van der Waals surface area (Å²) >= 11 is 0. The molecule has 0 saturated carbocycles. The Morgan fingerprint density at radius 3 is 2.05 bits per heavy atom. The van der Waals surface area contributed by atoms with Crippen LogP contribution in [0.25, 0.3) is 22.4 Å². The van der Waals surface area contributed by atoms with Crippen LogP contribution in [0.4, 0.5) is 0 Å². The third-order valence-electron chi connectivity index (χ3n) is 4.22. The maximum absolute atomic E-state index is 5.57. The third-order valence-corrected chi connectivity index (χ3v) is 4.22. The summed E-state index contributed by atoms with van der Waals surface area (Å²) in [5, 5.41) is 2.56. The van der Waals surface area contributed by atoms with Crippen molar-refractivity contribution in [2.45, 2.75) is 0 Å². The Bertz CT molecular complexity index is 879. The topological polar surface area (TPSA) is 18.5 Å². The van der Waals surface area contributed by atoms with Crippen LogP contribution in [-0.2, 0) is 0 Å². The van der Waals surface area contributed by atoms with Crippen molar-refractivity contribution in [2.75, 3.05) is 14.2 Å². The minimum atomic E-state index is 0.829. The zero-order valence-corrected chi connectivity index (χ0v) is 12.6. The number of methoxy groups -OCH3 is 2. The molecule has 0 N–H and O–H groups in total. The summed E-state index contributed by atoms with van der Waals surface area (Å²) in [5.74, 6) is 1.66. The molecule has 0 bridgehead atoms. The molecule has 3 aromatic rings. The van der Waals surface area contributed by atoms with Gasteiger partial charge in [0.15, 0.2) is 0 Å². The number of ether oxygens (including phenoxy) is 2. The first-order chi connectivity index (χ1) is 10.8. The van der Waals surface area contributed by atoms with E-state index in [1.807, 2.05) is 18.2 Å². The average molecular weight is 288 g/mol. The van der Waals surface area contributed by atoms with Gasteiger partial charge in [-0.3, -0.25) is 0 Å². The van der Waals surface area contributed by atoms with E-state index in [1.54, 1.807) is 14.2 Å². The van der Waals surface area contributed by atoms with Crippen molar-refractivity contribution in [3.05, 3.63) is 71.3 Å². The largest absolute Gasteiger partial charge is 0.496 e. The standard InChI is InChI=1S/C20H16O2/c1-21-17-10-5-11-18(22-2)20(17)16-12-14-8-3-6-13-7-4-9-15(16)19(13)14/h3-12H,1-2H3. The molecule has 2 heteroatoms. The van der Waals surface area contributed by atoms with Crippen molar-refractivity contribution in [1.82, 2.24) is 0 Å². The van der Waals surface area contributed by atoms with Gasteiger partial charge in [0.25, 0.3) is 0 Å². The first-order valence-electron chi connectivity index (χ1n) is 7.28. The molecule has 1 aliphatic carbocycles. The molecule has 0 aromatic heterocycles. The molecule has 0 unspecified atom stereocenters. The summed E-state index contributed by atoms with van der Waals surface area (Å²) in [6.45, 7) is 0. The lowest BCUT2D eigenvalue weighted by molar-refractivity contribution is 0.392. The molecule has 2 nitrogen and oxygen atoms in total. The third kappa shape index (κ3) is 1.74. The van der Waals surface area contributed by atoms with Gasteiger partial charge in [0, 0.05) is 0 Å². The van der Waals surface area contributed by atoms with E-state index in [1.165, 1.54) is 21.9 Å². The molecule has 22 heavy (non-hydrogen) atoms. The van der Waals surface area contributed by atoms with Gasteiger partial charge in [-0.25, -0.2) is 0 Å². The zero-order chi connectivity index (χ0) is 15.1. The number of hydrogen-bond donors (Lipinski definition) is 0. The predicted octanol–water partition coefficient (Wildman–Crippen LogP) is 4.76. The van der Waals surface area contributed by atoms with E-state index in [4.69, 9.17) is 9.47 Å². The number of rotatable bonds is 3. The highest BCUT2D eigenvalue weighted by Crippen LogP contribution is 2.45. The molecule has 4 rings (SSSR count). The van der Waals surface area contributed by atoms with Crippen LogP contribution in [-0.4, -0.2) is 14.2 Å². The summed E-state index contributed by atoms with van der Waals surface area (Å²) in [6.07, 6.45) is 2.22. The maximum atomic E-state index is 5.57. The summed E-state index contributed by atoms with van der Waals surface area (Å²) in [4.78, 5) is 0. The van der Waals surface area contributed by atoms with E-state index in [2.05, 4.69) is 42.5 Å². The lowest BCUT2D eigenvalue weighted by Gasteiger charge is -2.15. The molecule has 0 atom stereocenters. The molecule has 0 spiro atoms. The second-order valence-corrected chi connectivity index (χ2v) is 5.35. The highest BCUT2D eigenvalue weighted by atomic mass is 16.5. The Labute approximate surface area is 129 Å². The van der Waals surface area contributed by atoms with Gasteiger partial charge in [0.05, 0.1) is 19.8 Å². The summed E-state index contributed by atoms with van der Waals surface area (Å²) < 4.78 is 11.1. The van der Waals surface area contributed by atoms with Crippen molar-refractivity contribution in [3.8, 4) is 11.5 Å². The van der Waals surface area contributed by atoms with Crippen LogP contribution in [0.3, 0.4) is 0 Å². The van der Waals surface area contributed by atoms with Crippen LogP contribution in [0.1, 0.15) is 16.7 Å². The van der Waals surface area contributed by atoms with Crippen LogP contribution in [0.2, 0.25) is 0 Å². The van der Waals surface area contributed by atoms with Crippen LogP contribution >= 0.6 is 0 Å². The van der Waals surface area contributed by atoms with E-state index >= 15 is 0 Å². The number of hydrogen-bond acceptors (Lipinski definition) is 2. The van der Waals surface area contributed by atoms with E-state index < -0.39 is 0 Å². The molecule has 0 heterocycles. The quantitative estimate of drug-likeness (QED) is 0.541. The fourth-order valence-electron chi connectivity index (χ4n) is 3.27. The van der Waals surface area contributed by atoms with Crippen molar-refractivity contribution in [3.63, 3.8) is 0 Å². The SMILES string of the molecule is COc1cccc(OC)c1C1=Cc2cccc3cccc1c23. The van der Waals surface area contributed by atoms with Gasteiger partial charge in [0.1, 0.15) is 11.5 Å². The lowest BCUT2D eigenvalue weighted by atomic mass is 9.96. The summed E-state index contributed by atoms with van der Waals surface area (Å²) in [6, 6.07) is 18.7. The molecule has 108 valence electrons. The Morgan fingerprint density at radius 1 is 0.727 bits per heavy atom. The predicted molar refractivity (Wildman–Crippen MR) is 90.5 cm³/mol. The van der Waals surface area contributed by atoms with Crippen LogP contribution < -0.4 is 9.47 Å². The minimum Gasteiger partial charge on any atom is -0.496 e. The van der Waals surface area contributed by atoms with Crippen LogP contribution in [0.15, 0.2) is 54.6 Å². The lowest BCUT2D eigenvalue weighted by Crippen LogP contribution is -1.96. The molecule has 3 aromatic carbocycles.